The van der Waals surface area contributed by atoms with Crippen LogP contribution >= 0.6 is 0 Å². The molecule has 1 aliphatic carbocycles. The number of carboxylic acids is 1. The maximum absolute atomic E-state index is 12.1. The van der Waals surface area contributed by atoms with Crippen molar-refractivity contribution >= 4 is 11.9 Å². The van der Waals surface area contributed by atoms with E-state index < -0.39 is 11.5 Å². The molecular weight excluding hydrogens is 254 g/mol. The summed E-state index contributed by atoms with van der Waals surface area (Å²) in [6.07, 6.45) is 4.08. The van der Waals surface area contributed by atoms with Gasteiger partial charge in [-0.1, -0.05) is 43.7 Å². The van der Waals surface area contributed by atoms with Gasteiger partial charge in [-0.25, -0.2) is 4.79 Å². The first-order chi connectivity index (χ1) is 9.58. The predicted molar refractivity (Wildman–Crippen MR) is 76.1 cm³/mol. The third kappa shape index (κ3) is 2.84. The normalized spacial score (nSPS) is 17.9. The molecule has 1 aliphatic rings. The summed E-state index contributed by atoms with van der Waals surface area (Å²) in [4.78, 5) is 23.9. The maximum Gasteiger partial charge on any atom is 0.334 e. The molecule has 0 spiro atoms. The highest BCUT2D eigenvalue weighted by Crippen LogP contribution is 2.31. The lowest BCUT2D eigenvalue weighted by Crippen LogP contribution is -2.52. The second-order valence-corrected chi connectivity index (χ2v) is 5.48. The van der Waals surface area contributed by atoms with Gasteiger partial charge in [0.2, 0.25) is 5.91 Å². The minimum Gasteiger partial charge on any atom is -0.479 e. The topological polar surface area (TPSA) is 66.4 Å². The summed E-state index contributed by atoms with van der Waals surface area (Å²) < 4.78 is 0. The number of benzene rings is 1. The summed E-state index contributed by atoms with van der Waals surface area (Å²) >= 11 is 0. The Hall–Kier alpha value is -1.84. The Morgan fingerprint density at radius 2 is 1.95 bits per heavy atom. The number of rotatable bonds is 6. The highest BCUT2D eigenvalue weighted by molar-refractivity contribution is 5.88. The van der Waals surface area contributed by atoms with Crippen molar-refractivity contribution in [1.82, 2.24) is 5.32 Å². The average molecular weight is 275 g/mol. The van der Waals surface area contributed by atoms with E-state index in [1.54, 1.807) is 31.2 Å². The van der Waals surface area contributed by atoms with Crippen LogP contribution in [0, 0.1) is 5.92 Å². The van der Waals surface area contributed by atoms with E-state index in [0.29, 0.717) is 24.3 Å². The Morgan fingerprint density at radius 3 is 2.40 bits per heavy atom. The molecule has 0 heterocycles. The maximum atomic E-state index is 12.1. The van der Waals surface area contributed by atoms with E-state index in [1.807, 2.05) is 6.07 Å². The highest BCUT2D eigenvalue weighted by Gasteiger charge is 2.40. The molecule has 1 unspecified atom stereocenters. The molecule has 1 amide bonds. The van der Waals surface area contributed by atoms with Gasteiger partial charge >= 0.3 is 5.97 Å². The Bertz CT molecular complexity index is 482. The van der Waals surface area contributed by atoms with Gasteiger partial charge in [-0.2, -0.15) is 0 Å². The molecule has 1 fully saturated rings. The summed E-state index contributed by atoms with van der Waals surface area (Å²) in [6, 6.07) is 8.92. The van der Waals surface area contributed by atoms with Crippen molar-refractivity contribution < 1.29 is 14.7 Å². The van der Waals surface area contributed by atoms with Gasteiger partial charge in [-0.05, 0) is 30.7 Å². The van der Waals surface area contributed by atoms with Gasteiger partial charge in [0.25, 0.3) is 0 Å². The van der Waals surface area contributed by atoms with Gasteiger partial charge < -0.3 is 10.4 Å². The molecule has 0 radical (unpaired) electrons. The van der Waals surface area contributed by atoms with Crippen LogP contribution in [-0.2, 0) is 15.1 Å². The predicted octanol–water partition coefficient (Wildman–Crippen LogP) is 2.68. The molecule has 1 aromatic carbocycles. The highest BCUT2D eigenvalue weighted by atomic mass is 16.4. The number of amides is 1. The van der Waals surface area contributed by atoms with E-state index in [9.17, 15) is 14.7 Å². The molecule has 2 rings (SSSR count). The van der Waals surface area contributed by atoms with Crippen LogP contribution in [0.4, 0.5) is 0 Å². The third-order valence-corrected chi connectivity index (χ3v) is 4.21. The van der Waals surface area contributed by atoms with Crippen molar-refractivity contribution in [1.29, 1.82) is 0 Å². The Balaban J connectivity index is 2.18. The molecule has 0 aromatic heterocycles. The summed E-state index contributed by atoms with van der Waals surface area (Å²) in [6.45, 7) is 1.78. The monoisotopic (exact) mass is 275 g/mol. The van der Waals surface area contributed by atoms with Gasteiger partial charge in [0.1, 0.15) is 0 Å². The standard InChI is InChI=1S/C16H21NO3/c1-2-16(15(19)20,13-9-4-3-5-10-13)17-14(18)11-12-7-6-8-12/h3-5,9-10,12H,2,6-8,11H2,1H3,(H,17,18)(H,19,20). The Morgan fingerprint density at radius 1 is 1.30 bits per heavy atom. The SMILES string of the molecule is CCC(NC(=O)CC1CCC1)(C(=O)O)c1ccccc1. The zero-order chi connectivity index (χ0) is 14.6. The smallest absolute Gasteiger partial charge is 0.334 e. The van der Waals surface area contributed by atoms with Crippen LogP contribution < -0.4 is 5.32 Å². The zero-order valence-electron chi connectivity index (χ0n) is 11.8. The number of carboxylic acid groups (broad SMARTS) is 1. The van der Waals surface area contributed by atoms with Crippen molar-refractivity contribution in [3.8, 4) is 0 Å². The fourth-order valence-electron chi connectivity index (χ4n) is 2.66. The molecule has 1 aromatic rings. The first-order valence-corrected chi connectivity index (χ1v) is 7.18. The average Bonchev–Trinajstić information content (AvgIpc) is 2.41. The fourth-order valence-corrected chi connectivity index (χ4v) is 2.66. The summed E-state index contributed by atoms with van der Waals surface area (Å²) in [5.41, 5.74) is -0.695. The molecule has 2 N–H and O–H groups in total. The summed E-state index contributed by atoms with van der Waals surface area (Å²) in [7, 11) is 0. The van der Waals surface area contributed by atoms with Gasteiger partial charge in [-0.3, -0.25) is 4.79 Å². The quantitative estimate of drug-likeness (QED) is 0.838. The minimum absolute atomic E-state index is 0.164. The van der Waals surface area contributed by atoms with E-state index >= 15 is 0 Å². The second kappa shape index (κ2) is 6.07. The van der Waals surface area contributed by atoms with Crippen molar-refractivity contribution in [2.24, 2.45) is 5.92 Å². The van der Waals surface area contributed by atoms with Crippen LogP contribution in [0.1, 0.15) is 44.6 Å². The lowest BCUT2D eigenvalue weighted by Gasteiger charge is -2.32. The molecule has 1 atom stereocenters. The van der Waals surface area contributed by atoms with Gasteiger partial charge in [-0.15, -0.1) is 0 Å². The van der Waals surface area contributed by atoms with Crippen molar-refractivity contribution in [3.63, 3.8) is 0 Å². The minimum atomic E-state index is -1.32. The number of hydrogen-bond acceptors (Lipinski definition) is 2. The first kappa shape index (κ1) is 14.6. The summed E-state index contributed by atoms with van der Waals surface area (Å²) in [5.74, 6) is -0.745. The number of hydrogen-bond donors (Lipinski definition) is 2. The lowest BCUT2D eigenvalue weighted by molar-refractivity contribution is -0.148. The van der Waals surface area contributed by atoms with Crippen molar-refractivity contribution in [2.45, 2.75) is 44.6 Å². The van der Waals surface area contributed by atoms with Crippen LogP contribution in [0.25, 0.3) is 0 Å². The largest absolute Gasteiger partial charge is 0.479 e. The Labute approximate surface area is 119 Å². The molecular formula is C16H21NO3. The van der Waals surface area contributed by atoms with Crippen molar-refractivity contribution in [3.05, 3.63) is 35.9 Å². The molecule has 20 heavy (non-hydrogen) atoms. The second-order valence-electron chi connectivity index (χ2n) is 5.48. The molecule has 4 heteroatoms. The number of nitrogens with one attached hydrogen (secondary N) is 1. The number of carbonyl (C=O) groups excluding carboxylic acids is 1. The van der Waals surface area contributed by atoms with E-state index in [-0.39, 0.29) is 5.91 Å². The van der Waals surface area contributed by atoms with Gasteiger partial charge in [0, 0.05) is 6.42 Å². The van der Waals surface area contributed by atoms with Crippen LogP contribution in [-0.4, -0.2) is 17.0 Å². The van der Waals surface area contributed by atoms with Gasteiger partial charge in [0.05, 0.1) is 0 Å². The number of aliphatic carboxylic acids is 1. The molecule has 0 bridgehead atoms. The third-order valence-electron chi connectivity index (χ3n) is 4.21. The van der Waals surface area contributed by atoms with E-state index in [4.69, 9.17) is 0 Å². The molecule has 0 aliphatic heterocycles. The number of carbonyl (C=O) groups is 2. The Kier molecular flexibility index (Phi) is 4.42. The molecule has 0 saturated heterocycles. The van der Waals surface area contributed by atoms with E-state index in [0.717, 1.165) is 12.8 Å². The van der Waals surface area contributed by atoms with Crippen LogP contribution in [0.5, 0.6) is 0 Å². The van der Waals surface area contributed by atoms with E-state index in [1.165, 1.54) is 6.42 Å². The van der Waals surface area contributed by atoms with Crippen LogP contribution in [0.3, 0.4) is 0 Å². The van der Waals surface area contributed by atoms with Crippen molar-refractivity contribution in [2.75, 3.05) is 0 Å². The van der Waals surface area contributed by atoms with Crippen LogP contribution in [0.15, 0.2) is 30.3 Å². The molecule has 108 valence electrons. The summed E-state index contributed by atoms with van der Waals surface area (Å²) in [5, 5.41) is 12.4. The van der Waals surface area contributed by atoms with Gasteiger partial charge in [0.15, 0.2) is 5.54 Å². The van der Waals surface area contributed by atoms with Crippen LogP contribution in [0.2, 0.25) is 0 Å². The zero-order valence-corrected chi connectivity index (χ0v) is 11.8. The van der Waals surface area contributed by atoms with E-state index in [2.05, 4.69) is 5.32 Å². The molecule has 4 nitrogen and oxygen atoms in total. The molecule has 1 saturated carbocycles. The lowest BCUT2D eigenvalue weighted by atomic mass is 9.82. The first-order valence-electron chi connectivity index (χ1n) is 7.18. The fraction of sp³-hybridized carbons (Fsp3) is 0.500.